The smallest absolute Gasteiger partial charge is 0.323 e. The minimum atomic E-state index is -1.07. The minimum Gasteiger partial charge on any atom is -0.539 e. The molecule has 1 aliphatic rings. The Morgan fingerprint density at radius 2 is 1.83 bits per heavy atom. The van der Waals surface area contributed by atoms with Gasteiger partial charge in [0, 0.05) is 29.9 Å². The van der Waals surface area contributed by atoms with E-state index in [1.54, 1.807) is 60.5 Å². The van der Waals surface area contributed by atoms with Crippen molar-refractivity contribution in [3.05, 3.63) is 54.2 Å². The molecule has 4 rings (SSSR count). The first kappa shape index (κ1) is 23.9. The quantitative estimate of drug-likeness (QED) is 0.399. The monoisotopic (exact) mass is 482 g/mol. The van der Waals surface area contributed by atoms with Gasteiger partial charge in [0.1, 0.15) is 24.6 Å². The fraction of sp³-hybridized carbons (Fsp3) is 0.333. The molecule has 1 aromatic heterocycles. The third-order valence-electron chi connectivity index (χ3n) is 5.71. The Bertz CT molecular complexity index is 1190. The Morgan fingerprint density at radius 1 is 1.11 bits per heavy atom. The van der Waals surface area contributed by atoms with Crippen LogP contribution < -0.4 is 24.2 Å². The molecule has 35 heavy (non-hydrogen) atoms. The zero-order valence-corrected chi connectivity index (χ0v) is 19.4. The molecule has 1 saturated carbocycles. The van der Waals surface area contributed by atoms with Crippen molar-refractivity contribution < 1.29 is 38.5 Å². The van der Waals surface area contributed by atoms with Crippen LogP contribution in [0.3, 0.4) is 0 Å². The van der Waals surface area contributed by atoms with Gasteiger partial charge in [-0.15, -0.1) is 0 Å². The molecular formula is C24H26N4O7. The van der Waals surface area contributed by atoms with E-state index in [1.807, 2.05) is 0 Å². The number of amides is 1. The number of carboxylic acid groups (broad SMARTS) is 1. The lowest BCUT2D eigenvalue weighted by molar-refractivity contribution is -0.678. The number of ether oxygens (including phenoxy) is 2. The van der Waals surface area contributed by atoms with Crippen LogP contribution in [0.4, 0.5) is 5.69 Å². The third kappa shape index (κ3) is 5.62. The van der Waals surface area contributed by atoms with Crippen LogP contribution in [0.1, 0.15) is 18.5 Å². The summed E-state index contributed by atoms with van der Waals surface area (Å²) in [6, 6.07) is 13.7. The molecule has 0 radical (unpaired) electrons. The average Bonchev–Trinajstić information content (AvgIpc) is 3.64. The van der Waals surface area contributed by atoms with Crippen molar-refractivity contribution in [2.24, 2.45) is 0 Å². The number of hydrogen-bond donors (Lipinski definition) is 1. The van der Waals surface area contributed by atoms with Crippen molar-refractivity contribution in [2.45, 2.75) is 25.4 Å². The summed E-state index contributed by atoms with van der Waals surface area (Å²) in [5, 5.41) is 25.7. The number of aromatic nitrogens is 2. The molecule has 11 heteroatoms. The molecular weight excluding hydrogens is 456 g/mol. The van der Waals surface area contributed by atoms with Crippen LogP contribution >= 0.6 is 0 Å². The number of aliphatic carboxylic acids is 1. The van der Waals surface area contributed by atoms with Crippen LogP contribution in [0.2, 0.25) is 0 Å². The van der Waals surface area contributed by atoms with E-state index in [0.29, 0.717) is 22.9 Å². The molecule has 184 valence electrons. The highest BCUT2D eigenvalue weighted by atomic mass is 16.6. The predicted molar refractivity (Wildman–Crippen MR) is 120 cm³/mol. The van der Waals surface area contributed by atoms with Crippen LogP contribution in [0.15, 0.2) is 53.1 Å². The molecule has 0 unspecified atom stereocenters. The van der Waals surface area contributed by atoms with Crippen LogP contribution in [0.5, 0.6) is 17.4 Å². The lowest BCUT2D eigenvalue weighted by Crippen LogP contribution is -2.46. The molecule has 1 heterocycles. The number of benzene rings is 2. The number of carboxylic acids is 1. The van der Waals surface area contributed by atoms with Gasteiger partial charge < -0.3 is 34.0 Å². The summed E-state index contributed by atoms with van der Waals surface area (Å²) >= 11 is 0. The van der Waals surface area contributed by atoms with Gasteiger partial charge in [-0.3, -0.25) is 9.59 Å². The van der Waals surface area contributed by atoms with Gasteiger partial charge in [-0.05, 0) is 41.8 Å². The number of carbonyl (C=O) groups is 2. The van der Waals surface area contributed by atoms with Crippen molar-refractivity contribution in [2.75, 3.05) is 32.2 Å². The maximum Gasteiger partial charge on any atom is 0.323 e. The van der Waals surface area contributed by atoms with Crippen LogP contribution in [0.25, 0.3) is 5.69 Å². The number of hydrogen-bond acceptors (Lipinski definition) is 8. The maximum absolute atomic E-state index is 13.4. The standard InChI is InChI=1S/C24H26N4O7/c1-33-19-10-8-17(9-11-19)28-21(24(32)35-25-28)13-27(16-6-7-16)22(29)14-26(15-23(30)31)18-4-3-5-20(12-18)34-2/h3-5,8-12,16H,6-7,13-15H2,1-2H3,(H-,25,30,31,32). The molecule has 3 aromatic rings. The molecule has 11 nitrogen and oxygen atoms in total. The number of methoxy groups -OCH3 is 2. The van der Waals surface area contributed by atoms with Gasteiger partial charge in [-0.1, -0.05) is 6.07 Å². The van der Waals surface area contributed by atoms with E-state index in [-0.39, 0.29) is 37.3 Å². The van der Waals surface area contributed by atoms with Crippen molar-refractivity contribution >= 4 is 17.6 Å². The Labute approximate surface area is 201 Å². The van der Waals surface area contributed by atoms with Gasteiger partial charge >= 0.3 is 5.97 Å². The van der Waals surface area contributed by atoms with E-state index in [4.69, 9.17) is 14.0 Å². The molecule has 0 aliphatic heterocycles. The van der Waals surface area contributed by atoms with Gasteiger partial charge in [-0.25, -0.2) is 0 Å². The predicted octanol–water partition coefficient (Wildman–Crippen LogP) is 1.12. The first-order chi connectivity index (χ1) is 16.9. The van der Waals surface area contributed by atoms with Gasteiger partial charge in [0.25, 0.3) is 5.69 Å². The number of rotatable bonds is 11. The van der Waals surface area contributed by atoms with Crippen LogP contribution in [-0.2, 0) is 16.1 Å². The lowest BCUT2D eigenvalue weighted by atomic mass is 10.2. The van der Waals surface area contributed by atoms with Crippen molar-refractivity contribution in [3.8, 4) is 23.1 Å². The second kappa shape index (κ2) is 10.3. The summed E-state index contributed by atoms with van der Waals surface area (Å²) in [6.45, 7) is -0.571. The molecule has 1 aliphatic carbocycles. The summed E-state index contributed by atoms with van der Waals surface area (Å²) in [6.07, 6.45) is 1.59. The number of nitrogens with zero attached hydrogens (tertiary/aromatic N) is 4. The van der Waals surface area contributed by atoms with E-state index in [9.17, 15) is 19.8 Å². The Morgan fingerprint density at radius 3 is 2.46 bits per heavy atom. The average molecular weight is 482 g/mol. The third-order valence-corrected chi connectivity index (χ3v) is 5.71. The summed E-state index contributed by atoms with van der Waals surface area (Å²) in [7, 11) is 3.07. The first-order valence-corrected chi connectivity index (χ1v) is 11.0. The Hall–Kier alpha value is -4.28. The SMILES string of the molecule is COc1ccc(-[n+]2noc([O-])c2CN(C(=O)CN(CC(=O)O)c2cccc(OC)c2)C2CC2)cc1. The molecule has 0 bridgehead atoms. The molecule has 1 amide bonds. The van der Waals surface area contributed by atoms with Crippen molar-refractivity contribution in [1.82, 2.24) is 10.2 Å². The second-order valence-electron chi connectivity index (χ2n) is 8.12. The van der Waals surface area contributed by atoms with Crippen LogP contribution in [0, 0.1) is 0 Å². The van der Waals surface area contributed by atoms with Crippen molar-refractivity contribution in [3.63, 3.8) is 0 Å². The summed E-state index contributed by atoms with van der Waals surface area (Å²) in [5.74, 6) is -0.831. The molecule has 0 spiro atoms. The van der Waals surface area contributed by atoms with E-state index >= 15 is 0 Å². The Kier molecular flexibility index (Phi) is 7.04. The summed E-state index contributed by atoms with van der Waals surface area (Å²) in [5.41, 5.74) is 1.32. The number of carbonyl (C=O) groups excluding carboxylic acids is 1. The largest absolute Gasteiger partial charge is 0.539 e. The minimum absolute atomic E-state index is 0.0170. The molecule has 2 aromatic carbocycles. The van der Waals surface area contributed by atoms with E-state index < -0.39 is 11.9 Å². The zero-order valence-electron chi connectivity index (χ0n) is 19.4. The normalized spacial score (nSPS) is 12.7. The van der Waals surface area contributed by atoms with Crippen LogP contribution in [-0.4, -0.2) is 60.5 Å². The highest BCUT2D eigenvalue weighted by molar-refractivity contribution is 5.84. The summed E-state index contributed by atoms with van der Waals surface area (Å²) < 4.78 is 16.7. The fourth-order valence-corrected chi connectivity index (χ4v) is 3.76. The maximum atomic E-state index is 13.4. The highest BCUT2D eigenvalue weighted by Crippen LogP contribution is 2.30. The van der Waals surface area contributed by atoms with E-state index in [1.165, 1.54) is 16.7 Å². The van der Waals surface area contributed by atoms with Gasteiger partial charge in [0.2, 0.25) is 11.6 Å². The topological polar surface area (TPSA) is 132 Å². The molecule has 1 fully saturated rings. The van der Waals surface area contributed by atoms with Gasteiger partial charge in [0.15, 0.2) is 5.95 Å². The molecule has 0 atom stereocenters. The molecule has 0 saturated heterocycles. The second-order valence-corrected chi connectivity index (χ2v) is 8.12. The molecule has 1 N–H and O–H groups in total. The highest BCUT2D eigenvalue weighted by Gasteiger charge is 2.36. The first-order valence-electron chi connectivity index (χ1n) is 11.0. The fourth-order valence-electron chi connectivity index (χ4n) is 3.76. The van der Waals surface area contributed by atoms with Crippen molar-refractivity contribution in [1.29, 1.82) is 0 Å². The zero-order chi connectivity index (χ0) is 24.9. The van der Waals surface area contributed by atoms with E-state index in [0.717, 1.165) is 12.8 Å². The van der Waals surface area contributed by atoms with E-state index in [2.05, 4.69) is 5.27 Å². The number of anilines is 1. The van der Waals surface area contributed by atoms with Gasteiger partial charge in [-0.2, -0.15) is 0 Å². The Balaban J connectivity index is 1.57. The lowest BCUT2D eigenvalue weighted by Gasteiger charge is -2.27. The summed E-state index contributed by atoms with van der Waals surface area (Å²) in [4.78, 5) is 28.0. The van der Waals surface area contributed by atoms with Gasteiger partial charge in [0.05, 0.1) is 26.0 Å².